The molecule has 0 bridgehead atoms. The van der Waals surface area contributed by atoms with Crippen molar-refractivity contribution >= 4 is 0 Å². The van der Waals surface area contributed by atoms with E-state index in [4.69, 9.17) is 0 Å². The molecule has 1 saturated carbocycles. The lowest BCUT2D eigenvalue weighted by Gasteiger charge is -2.17. The Morgan fingerprint density at radius 2 is 1.58 bits per heavy atom. The standard InChI is InChI=1S/C12H22/c1-11(2,3)8-9-7-10(9)12(4,5)6/h8,10H,7H2,1-6H3. The van der Waals surface area contributed by atoms with Gasteiger partial charge in [-0.05, 0) is 23.2 Å². The molecule has 0 heterocycles. The predicted octanol–water partition coefficient (Wildman–Crippen LogP) is 4.02. The molecule has 1 aliphatic carbocycles. The Labute approximate surface area is 77.1 Å². The van der Waals surface area contributed by atoms with Crippen molar-refractivity contribution in [2.24, 2.45) is 16.7 Å². The number of rotatable bonds is 0. The third kappa shape index (κ3) is 2.66. The molecule has 70 valence electrons. The summed E-state index contributed by atoms with van der Waals surface area (Å²) in [5, 5.41) is 0. The zero-order chi connectivity index (χ0) is 9.57. The van der Waals surface area contributed by atoms with Gasteiger partial charge in [-0.2, -0.15) is 0 Å². The molecule has 0 N–H and O–H groups in total. The lowest BCUT2D eigenvalue weighted by molar-refractivity contribution is 0.362. The minimum atomic E-state index is 0.370. The maximum absolute atomic E-state index is 2.45. The van der Waals surface area contributed by atoms with E-state index in [1.165, 1.54) is 6.42 Å². The van der Waals surface area contributed by atoms with Crippen LogP contribution in [0.15, 0.2) is 11.6 Å². The van der Waals surface area contributed by atoms with Crippen LogP contribution in [-0.2, 0) is 0 Å². The van der Waals surface area contributed by atoms with Crippen molar-refractivity contribution in [2.75, 3.05) is 0 Å². The number of allylic oxidation sites excluding steroid dienone is 2. The quantitative estimate of drug-likeness (QED) is 0.477. The molecule has 0 aromatic heterocycles. The van der Waals surface area contributed by atoms with Gasteiger partial charge in [0.05, 0.1) is 0 Å². The van der Waals surface area contributed by atoms with Gasteiger partial charge in [0.25, 0.3) is 0 Å². The molecule has 0 saturated heterocycles. The maximum atomic E-state index is 2.45. The van der Waals surface area contributed by atoms with Gasteiger partial charge in [0.2, 0.25) is 0 Å². The van der Waals surface area contributed by atoms with Crippen LogP contribution in [0.5, 0.6) is 0 Å². The fraction of sp³-hybridized carbons (Fsp3) is 0.833. The van der Waals surface area contributed by atoms with E-state index in [1.807, 2.05) is 0 Å². The maximum Gasteiger partial charge on any atom is -0.0117 e. The zero-order valence-corrected chi connectivity index (χ0v) is 9.36. The summed E-state index contributed by atoms with van der Waals surface area (Å²) in [6.07, 6.45) is 3.78. The Morgan fingerprint density at radius 1 is 1.08 bits per heavy atom. The first-order valence-corrected chi connectivity index (χ1v) is 4.92. The molecule has 1 aliphatic rings. The molecule has 0 nitrogen and oxygen atoms in total. The molecular weight excluding hydrogens is 144 g/mol. The van der Waals surface area contributed by atoms with Crippen LogP contribution in [0.4, 0.5) is 0 Å². The first-order chi connectivity index (χ1) is 5.20. The summed E-state index contributed by atoms with van der Waals surface area (Å²) in [7, 11) is 0. The molecule has 0 amide bonds. The molecule has 1 fully saturated rings. The van der Waals surface area contributed by atoms with E-state index in [-0.39, 0.29) is 0 Å². The van der Waals surface area contributed by atoms with Crippen molar-refractivity contribution in [3.63, 3.8) is 0 Å². The predicted molar refractivity (Wildman–Crippen MR) is 55.1 cm³/mol. The average Bonchev–Trinajstić information content (AvgIpc) is 2.37. The van der Waals surface area contributed by atoms with Crippen molar-refractivity contribution in [3.05, 3.63) is 11.6 Å². The van der Waals surface area contributed by atoms with Crippen molar-refractivity contribution in [2.45, 2.75) is 48.0 Å². The monoisotopic (exact) mass is 166 g/mol. The SMILES string of the molecule is CC(C)(C)C=C1CC1C(C)(C)C. The molecule has 1 atom stereocenters. The fourth-order valence-electron chi connectivity index (χ4n) is 1.75. The van der Waals surface area contributed by atoms with Crippen molar-refractivity contribution in [3.8, 4) is 0 Å². The van der Waals surface area contributed by atoms with Gasteiger partial charge in [-0.3, -0.25) is 0 Å². The Kier molecular flexibility index (Phi) is 2.14. The summed E-state index contributed by atoms with van der Waals surface area (Å²) < 4.78 is 0. The van der Waals surface area contributed by atoms with E-state index in [0.29, 0.717) is 10.8 Å². The fourth-order valence-corrected chi connectivity index (χ4v) is 1.75. The third-order valence-corrected chi connectivity index (χ3v) is 2.39. The second-order valence-corrected chi connectivity index (χ2v) is 6.21. The van der Waals surface area contributed by atoms with Crippen LogP contribution >= 0.6 is 0 Å². The van der Waals surface area contributed by atoms with Crippen molar-refractivity contribution < 1.29 is 0 Å². The van der Waals surface area contributed by atoms with E-state index in [0.717, 1.165) is 5.92 Å². The summed E-state index contributed by atoms with van der Waals surface area (Å²) in [6, 6.07) is 0. The highest BCUT2D eigenvalue weighted by molar-refractivity contribution is 5.27. The van der Waals surface area contributed by atoms with Crippen LogP contribution in [0.25, 0.3) is 0 Å². The van der Waals surface area contributed by atoms with Gasteiger partial charge < -0.3 is 0 Å². The van der Waals surface area contributed by atoms with Crippen LogP contribution in [-0.4, -0.2) is 0 Å². The highest BCUT2D eigenvalue weighted by Gasteiger charge is 2.39. The molecule has 1 unspecified atom stereocenters. The van der Waals surface area contributed by atoms with E-state index in [1.54, 1.807) is 5.57 Å². The first kappa shape index (κ1) is 9.83. The molecule has 0 aromatic rings. The molecule has 0 radical (unpaired) electrons. The van der Waals surface area contributed by atoms with Crippen molar-refractivity contribution in [1.82, 2.24) is 0 Å². The van der Waals surface area contributed by atoms with E-state index in [9.17, 15) is 0 Å². The highest BCUT2D eigenvalue weighted by Crippen LogP contribution is 2.51. The largest absolute Gasteiger partial charge is 0.0796 e. The molecule has 0 aromatic carbocycles. The van der Waals surface area contributed by atoms with Gasteiger partial charge in [0, 0.05) is 0 Å². The smallest absolute Gasteiger partial charge is 0.0117 e. The van der Waals surface area contributed by atoms with E-state index in [2.05, 4.69) is 47.6 Å². The summed E-state index contributed by atoms with van der Waals surface area (Å²) in [5.74, 6) is 0.858. The average molecular weight is 166 g/mol. The molecule has 0 spiro atoms. The molecule has 1 rings (SSSR count). The third-order valence-electron chi connectivity index (χ3n) is 2.39. The van der Waals surface area contributed by atoms with Crippen LogP contribution < -0.4 is 0 Å². The van der Waals surface area contributed by atoms with Gasteiger partial charge in [0.15, 0.2) is 0 Å². The summed E-state index contributed by atoms with van der Waals surface area (Å²) >= 11 is 0. The van der Waals surface area contributed by atoms with E-state index >= 15 is 0 Å². The molecular formula is C12H22. The highest BCUT2D eigenvalue weighted by atomic mass is 14.4. The van der Waals surface area contributed by atoms with Gasteiger partial charge in [0.1, 0.15) is 0 Å². The number of hydrogen-bond donors (Lipinski definition) is 0. The Morgan fingerprint density at radius 3 is 1.83 bits per heavy atom. The Hall–Kier alpha value is -0.260. The lowest BCUT2D eigenvalue weighted by atomic mass is 9.88. The minimum absolute atomic E-state index is 0.370. The van der Waals surface area contributed by atoms with E-state index < -0.39 is 0 Å². The summed E-state index contributed by atoms with van der Waals surface area (Å²) in [5.41, 5.74) is 2.53. The zero-order valence-electron chi connectivity index (χ0n) is 9.36. The second kappa shape index (κ2) is 2.61. The van der Waals surface area contributed by atoms with Crippen LogP contribution in [0, 0.1) is 16.7 Å². The van der Waals surface area contributed by atoms with Gasteiger partial charge in [-0.1, -0.05) is 53.2 Å². The summed E-state index contributed by atoms with van der Waals surface area (Å²) in [6.45, 7) is 13.8. The summed E-state index contributed by atoms with van der Waals surface area (Å²) in [4.78, 5) is 0. The lowest BCUT2D eigenvalue weighted by Crippen LogP contribution is -2.08. The Bertz CT molecular complexity index is 195. The Balaban J connectivity index is 2.59. The van der Waals surface area contributed by atoms with Crippen molar-refractivity contribution in [1.29, 1.82) is 0 Å². The normalized spacial score (nSPS) is 27.8. The second-order valence-electron chi connectivity index (χ2n) is 6.21. The first-order valence-electron chi connectivity index (χ1n) is 4.92. The van der Waals surface area contributed by atoms with Crippen LogP contribution in [0.2, 0.25) is 0 Å². The molecule has 12 heavy (non-hydrogen) atoms. The molecule has 0 aliphatic heterocycles. The van der Waals surface area contributed by atoms with Crippen LogP contribution in [0.3, 0.4) is 0 Å². The minimum Gasteiger partial charge on any atom is -0.0796 e. The van der Waals surface area contributed by atoms with Gasteiger partial charge >= 0.3 is 0 Å². The van der Waals surface area contributed by atoms with Crippen LogP contribution in [0.1, 0.15) is 48.0 Å². The van der Waals surface area contributed by atoms with Gasteiger partial charge in [-0.15, -0.1) is 0 Å². The topological polar surface area (TPSA) is 0 Å². The number of hydrogen-bond acceptors (Lipinski definition) is 0. The van der Waals surface area contributed by atoms with Gasteiger partial charge in [-0.25, -0.2) is 0 Å². The molecule has 0 heteroatoms.